The topological polar surface area (TPSA) is 86.8 Å². The number of anilines is 1. The molecule has 0 radical (unpaired) electrons. The lowest BCUT2D eigenvalue weighted by Gasteiger charge is -2.35. The summed E-state index contributed by atoms with van der Waals surface area (Å²) in [6.45, 7) is 3.09. The Morgan fingerprint density at radius 2 is 1.46 bits per heavy atom. The van der Waals surface area contributed by atoms with Gasteiger partial charge in [-0.15, -0.1) is 0 Å². The molecule has 0 spiro atoms. The maximum Gasteiger partial charge on any atom is 0.264 e. The SMILES string of the molecule is Cc1ccc(N(CC(=O)N(Cc2c(Cl)cccc2Cl)[C@@H](Cc2ccccc2)C(=O)NC2CCCCC2)S(=O)(=O)c2ccccc2)c(C)c1. The van der Waals surface area contributed by atoms with Gasteiger partial charge in [-0.05, 0) is 68.1 Å². The third-order valence-corrected chi connectivity index (χ3v) is 11.3. The number of nitrogens with zero attached hydrogens (tertiary/aromatic N) is 2. The molecule has 252 valence electrons. The molecule has 1 aliphatic carbocycles. The lowest BCUT2D eigenvalue weighted by molar-refractivity contribution is -0.140. The maximum absolute atomic E-state index is 14.8. The summed E-state index contributed by atoms with van der Waals surface area (Å²) >= 11 is 13.3. The van der Waals surface area contributed by atoms with E-state index >= 15 is 0 Å². The summed E-state index contributed by atoms with van der Waals surface area (Å²) < 4.78 is 29.7. The Labute approximate surface area is 293 Å². The molecule has 0 bridgehead atoms. The van der Waals surface area contributed by atoms with Crippen molar-refractivity contribution in [3.05, 3.63) is 129 Å². The Morgan fingerprint density at radius 1 is 0.833 bits per heavy atom. The van der Waals surface area contributed by atoms with E-state index in [1.54, 1.807) is 42.5 Å². The second-order valence-corrected chi connectivity index (χ2v) is 15.1. The molecule has 4 aromatic rings. The van der Waals surface area contributed by atoms with Crippen molar-refractivity contribution in [2.45, 2.75) is 75.9 Å². The van der Waals surface area contributed by atoms with Gasteiger partial charge in [-0.3, -0.25) is 13.9 Å². The Kier molecular flexibility index (Phi) is 11.8. The highest BCUT2D eigenvalue weighted by atomic mass is 35.5. The quantitative estimate of drug-likeness (QED) is 0.162. The lowest BCUT2D eigenvalue weighted by atomic mass is 9.94. The van der Waals surface area contributed by atoms with E-state index in [1.165, 1.54) is 17.0 Å². The number of aryl methyl sites for hydroxylation is 2. The first-order valence-corrected chi connectivity index (χ1v) is 18.5. The van der Waals surface area contributed by atoms with E-state index in [0.717, 1.165) is 47.5 Å². The number of hydrogen-bond donors (Lipinski definition) is 1. The van der Waals surface area contributed by atoms with Crippen LogP contribution in [0.15, 0.2) is 102 Å². The van der Waals surface area contributed by atoms with Crippen molar-refractivity contribution in [1.29, 1.82) is 0 Å². The molecule has 1 saturated carbocycles. The average molecular weight is 707 g/mol. The van der Waals surface area contributed by atoms with Crippen molar-refractivity contribution in [2.24, 2.45) is 0 Å². The van der Waals surface area contributed by atoms with Crippen LogP contribution in [-0.2, 0) is 32.6 Å². The Morgan fingerprint density at radius 3 is 2.08 bits per heavy atom. The summed E-state index contributed by atoms with van der Waals surface area (Å²) in [5, 5.41) is 3.90. The van der Waals surface area contributed by atoms with Crippen LogP contribution in [0.5, 0.6) is 0 Å². The summed E-state index contributed by atoms with van der Waals surface area (Å²) in [6, 6.07) is 27.0. The van der Waals surface area contributed by atoms with Crippen LogP contribution >= 0.6 is 23.2 Å². The van der Waals surface area contributed by atoms with E-state index in [9.17, 15) is 18.0 Å². The number of amides is 2. The van der Waals surface area contributed by atoms with Gasteiger partial charge in [-0.25, -0.2) is 8.42 Å². The minimum Gasteiger partial charge on any atom is -0.352 e. The molecule has 0 unspecified atom stereocenters. The molecule has 1 fully saturated rings. The fourth-order valence-corrected chi connectivity index (χ4v) is 8.29. The van der Waals surface area contributed by atoms with Crippen molar-refractivity contribution in [3.63, 3.8) is 0 Å². The highest BCUT2D eigenvalue weighted by molar-refractivity contribution is 7.92. The molecule has 0 aliphatic heterocycles. The zero-order valence-electron chi connectivity index (χ0n) is 27.2. The summed E-state index contributed by atoms with van der Waals surface area (Å²) in [5.74, 6) is -0.864. The van der Waals surface area contributed by atoms with Gasteiger partial charge in [0.15, 0.2) is 0 Å². The van der Waals surface area contributed by atoms with E-state index in [4.69, 9.17) is 23.2 Å². The summed E-state index contributed by atoms with van der Waals surface area (Å²) in [5.41, 5.74) is 3.35. The van der Waals surface area contributed by atoms with Gasteiger partial charge in [-0.1, -0.05) is 115 Å². The molecule has 0 aromatic heterocycles. The first-order valence-electron chi connectivity index (χ1n) is 16.3. The molecule has 48 heavy (non-hydrogen) atoms. The number of benzene rings is 4. The monoisotopic (exact) mass is 705 g/mol. The highest BCUT2D eigenvalue weighted by Gasteiger charge is 2.36. The minimum atomic E-state index is -4.20. The lowest BCUT2D eigenvalue weighted by Crippen LogP contribution is -2.55. The second-order valence-electron chi connectivity index (χ2n) is 12.4. The molecule has 0 saturated heterocycles. The van der Waals surface area contributed by atoms with Crippen LogP contribution in [0.3, 0.4) is 0 Å². The zero-order chi connectivity index (χ0) is 34.3. The summed E-state index contributed by atoms with van der Waals surface area (Å²) in [4.78, 5) is 30.6. The van der Waals surface area contributed by atoms with Gasteiger partial charge >= 0.3 is 0 Å². The zero-order valence-corrected chi connectivity index (χ0v) is 29.6. The van der Waals surface area contributed by atoms with E-state index in [0.29, 0.717) is 26.9 Å². The molecular formula is C38H41Cl2N3O4S. The second kappa shape index (κ2) is 16.0. The predicted octanol–water partition coefficient (Wildman–Crippen LogP) is 7.89. The molecule has 1 aliphatic rings. The van der Waals surface area contributed by atoms with Crippen LogP contribution in [0.2, 0.25) is 10.0 Å². The molecule has 5 rings (SSSR count). The van der Waals surface area contributed by atoms with Gasteiger partial charge in [-0.2, -0.15) is 0 Å². The fourth-order valence-electron chi connectivity index (χ4n) is 6.27. The fraction of sp³-hybridized carbons (Fsp3) is 0.316. The van der Waals surface area contributed by atoms with Crippen molar-refractivity contribution >= 4 is 50.7 Å². The van der Waals surface area contributed by atoms with Crippen LogP contribution in [0, 0.1) is 13.8 Å². The molecule has 2 amide bonds. The van der Waals surface area contributed by atoms with Gasteiger partial charge in [0.25, 0.3) is 10.0 Å². The third-order valence-electron chi connectivity index (χ3n) is 8.84. The van der Waals surface area contributed by atoms with E-state index in [2.05, 4.69) is 5.32 Å². The normalized spacial score (nSPS) is 14.2. The number of sulfonamides is 1. The van der Waals surface area contributed by atoms with Crippen molar-refractivity contribution in [2.75, 3.05) is 10.8 Å². The Bertz CT molecular complexity index is 1810. The van der Waals surface area contributed by atoms with Crippen molar-refractivity contribution < 1.29 is 18.0 Å². The Balaban J connectivity index is 1.60. The maximum atomic E-state index is 14.8. The van der Waals surface area contributed by atoms with E-state index < -0.39 is 28.5 Å². The number of rotatable bonds is 12. The van der Waals surface area contributed by atoms with Gasteiger partial charge < -0.3 is 10.2 Å². The van der Waals surface area contributed by atoms with Gasteiger partial charge in [0.05, 0.1) is 10.6 Å². The molecule has 7 nitrogen and oxygen atoms in total. The molecular weight excluding hydrogens is 665 g/mol. The van der Waals surface area contributed by atoms with Crippen molar-refractivity contribution in [3.8, 4) is 0 Å². The standard InChI is InChI=1S/C38H41Cl2N3O4S/c1-27-21-22-35(28(2)23-27)43(48(46,47)31-17-10-5-11-18-31)26-37(44)42(25-32-33(39)19-12-20-34(32)40)36(24-29-13-6-3-7-14-29)38(45)41-30-15-8-4-9-16-30/h3,5-7,10-14,17-23,30,36H,4,8-9,15-16,24-26H2,1-2H3,(H,41,45)/t36-/m0/s1. The van der Waals surface area contributed by atoms with Crippen LogP contribution in [0.4, 0.5) is 5.69 Å². The summed E-state index contributed by atoms with van der Waals surface area (Å²) in [7, 11) is -4.20. The number of hydrogen-bond acceptors (Lipinski definition) is 4. The predicted molar refractivity (Wildman–Crippen MR) is 193 cm³/mol. The van der Waals surface area contributed by atoms with Crippen LogP contribution in [-0.4, -0.2) is 43.8 Å². The van der Waals surface area contributed by atoms with Gasteiger partial charge in [0, 0.05) is 34.6 Å². The summed E-state index contributed by atoms with van der Waals surface area (Å²) in [6.07, 6.45) is 5.11. The molecule has 10 heteroatoms. The molecule has 1 atom stereocenters. The smallest absolute Gasteiger partial charge is 0.264 e. The van der Waals surface area contributed by atoms with E-state index in [1.807, 2.05) is 56.3 Å². The van der Waals surface area contributed by atoms with Crippen LogP contribution in [0.25, 0.3) is 0 Å². The molecule has 0 heterocycles. The number of carbonyl (C=O) groups excluding carboxylic acids is 2. The number of halogens is 2. The third kappa shape index (κ3) is 8.59. The number of carbonyl (C=O) groups is 2. The van der Waals surface area contributed by atoms with Crippen LogP contribution in [0.1, 0.15) is 54.4 Å². The average Bonchev–Trinajstić information content (AvgIpc) is 3.08. The van der Waals surface area contributed by atoms with Gasteiger partial charge in [0.2, 0.25) is 11.8 Å². The Hall–Kier alpha value is -3.85. The number of nitrogens with one attached hydrogen (secondary N) is 1. The highest BCUT2D eigenvalue weighted by Crippen LogP contribution is 2.31. The van der Waals surface area contributed by atoms with Gasteiger partial charge in [0.1, 0.15) is 12.6 Å². The first-order chi connectivity index (χ1) is 23.0. The largest absolute Gasteiger partial charge is 0.352 e. The molecule has 1 N–H and O–H groups in total. The van der Waals surface area contributed by atoms with Crippen molar-refractivity contribution in [1.82, 2.24) is 10.2 Å². The first kappa shape index (κ1) is 35.5. The van der Waals surface area contributed by atoms with E-state index in [-0.39, 0.29) is 29.8 Å². The molecule has 4 aromatic carbocycles. The van der Waals surface area contributed by atoms with Crippen LogP contribution < -0.4 is 9.62 Å². The minimum absolute atomic E-state index is 0.00413.